The van der Waals surface area contributed by atoms with Crippen LogP contribution in [0.25, 0.3) is 0 Å². The van der Waals surface area contributed by atoms with E-state index in [2.05, 4.69) is 16.9 Å². The van der Waals surface area contributed by atoms with Crippen molar-refractivity contribution in [3.05, 3.63) is 24.3 Å². The van der Waals surface area contributed by atoms with Gasteiger partial charge in [-0.15, -0.1) is 0 Å². The molecule has 1 aliphatic rings. The fourth-order valence-electron chi connectivity index (χ4n) is 2.81. The molecule has 4 heteroatoms. The maximum atomic E-state index is 11.0. The van der Waals surface area contributed by atoms with E-state index in [1.165, 1.54) is 19.3 Å². The Bertz CT molecular complexity index is 398. The second kappa shape index (κ2) is 9.50. The summed E-state index contributed by atoms with van der Waals surface area (Å²) in [5.41, 5.74) is 0. The molecule has 0 amide bonds. The molecule has 0 aromatic carbocycles. The molecule has 0 saturated heterocycles. The summed E-state index contributed by atoms with van der Waals surface area (Å²) in [6.07, 6.45) is 12.0. The minimum atomic E-state index is -0.613. The first-order chi connectivity index (χ1) is 10.0. The Balaban J connectivity index is 2.43. The van der Waals surface area contributed by atoms with Gasteiger partial charge in [-0.2, -0.15) is 0 Å². The zero-order chi connectivity index (χ0) is 15.7. The number of carbonyl (C=O) groups is 2. The molecule has 118 valence electrons. The van der Waals surface area contributed by atoms with Crippen molar-refractivity contribution in [2.75, 3.05) is 7.11 Å². The van der Waals surface area contributed by atoms with E-state index >= 15 is 0 Å². The summed E-state index contributed by atoms with van der Waals surface area (Å²) < 4.78 is 4.52. The summed E-state index contributed by atoms with van der Waals surface area (Å²) in [6, 6.07) is 0. The van der Waals surface area contributed by atoms with Gasteiger partial charge in [0, 0.05) is 12.5 Å². The van der Waals surface area contributed by atoms with Crippen LogP contribution in [0.5, 0.6) is 0 Å². The largest absolute Gasteiger partial charge is 0.466 e. The Labute approximate surface area is 126 Å². The number of Topliss-reactive ketones (excluding diaryl/α,β-unsaturated/α-hetero) is 1. The van der Waals surface area contributed by atoms with E-state index < -0.39 is 12.1 Å². The summed E-state index contributed by atoms with van der Waals surface area (Å²) in [5.74, 6) is 0.295. The molecular formula is C17H26O4. The second-order valence-corrected chi connectivity index (χ2v) is 5.65. The Hall–Kier alpha value is -1.42. The highest BCUT2D eigenvalue weighted by Gasteiger charge is 2.29. The highest BCUT2D eigenvalue weighted by molar-refractivity contribution is 5.81. The Morgan fingerprint density at radius 1 is 1.38 bits per heavy atom. The number of hydrogen-bond acceptors (Lipinski definition) is 4. The lowest BCUT2D eigenvalue weighted by molar-refractivity contribution is -0.134. The van der Waals surface area contributed by atoms with Gasteiger partial charge in [0.25, 0.3) is 0 Å². The molecule has 0 spiro atoms. The number of esters is 1. The molecule has 0 aliphatic heterocycles. The van der Waals surface area contributed by atoms with E-state index in [-0.39, 0.29) is 11.7 Å². The van der Waals surface area contributed by atoms with Gasteiger partial charge in [-0.3, -0.25) is 0 Å². The van der Waals surface area contributed by atoms with Crippen LogP contribution in [0.1, 0.15) is 45.4 Å². The van der Waals surface area contributed by atoms with Crippen molar-refractivity contribution in [3.8, 4) is 0 Å². The smallest absolute Gasteiger partial charge is 0.330 e. The van der Waals surface area contributed by atoms with Crippen LogP contribution in [0.3, 0.4) is 0 Å². The van der Waals surface area contributed by atoms with Crippen molar-refractivity contribution in [2.45, 2.75) is 51.6 Å². The number of aliphatic hydroxyl groups is 1. The van der Waals surface area contributed by atoms with Crippen molar-refractivity contribution in [3.63, 3.8) is 0 Å². The number of rotatable bonds is 8. The number of hydrogen-bond donors (Lipinski definition) is 1. The fourth-order valence-corrected chi connectivity index (χ4v) is 2.81. The van der Waals surface area contributed by atoms with Gasteiger partial charge >= 0.3 is 5.97 Å². The van der Waals surface area contributed by atoms with Crippen molar-refractivity contribution in [2.24, 2.45) is 11.8 Å². The lowest BCUT2D eigenvalue weighted by atomic mass is 9.90. The quantitative estimate of drug-likeness (QED) is 0.323. The van der Waals surface area contributed by atoms with E-state index in [1.54, 1.807) is 6.92 Å². The zero-order valence-electron chi connectivity index (χ0n) is 13.0. The van der Waals surface area contributed by atoms with Gasteiger partial charge in [0.2, 0.25) is 0 Å². The second-order valence-electron chi connectivity index (χ2n) is 5.65. The van der Waals surface area contributed by atoms with Crippen LogP contribution in [-0.4, -0.2) is 30.1 Å². The van der Waals surface area contributed by atoms with Gasteiger partial charge in [-0.05, 0) is 50.5 Å². The molecule has 4 nitrogen and oxygen atoms in total. The Morgan fingerprint density at radius 2 is 2.14 bits per heavy atom. The van der Waals surface area contributed by atoms with Gasteiger partial charge in [0.05, 0.1) is 13.2 Å². The van der Waals surface area contributed by atoms with E-state index in [1.807, 2.05) is 0 Å². The molecular weight excluding hydrogens is 268 g/mol. The van der Waals surface area contributed by atoms with E-state index in [4.69, 9.17) is 0 Å². The maximum Gasteiger partial charge on any atom is 0.330 e. The molecule has 0 aromatic rings. The number of ether oxygens (including phenoxy) is 1. The monoisotopic (exact) mass is 294 g/mol. The Morgan fingerprint density at radius 3 is 2.81 bits per heavy atom. The van der Waals surface area contributed by atoms with Gasteiger partial charge < -0.3 is 14.6 Å². The van der Waals surface area contributed by atoms with E-state index in [9.17, 15) is 14.7 Å². The SMILES string of the molecule is COC(=O)/C=C/[C@@H](O)[C@@H]1CCC[C@H]1/C=C/CCCC(C)=O. The third kappa shape index (κ3) is 6.71. The summed E-state index contributed by atoms with van der Waals surface area (Å²) in [7, 11) is 1.32. The summed E-state index contributed by atoms with van der Waals surface area (Å²) in [6.45, 7) is 1.61. The molecule has 3 atom stereocenters. The first-order valence-electron chi connectivity index (χ1n) is 7.65. The average Bonchev–Trinajstić information content (AvgIpc) is 2.92. The maximum absolute atomic E-state index is 11.0. The lowest BCUT2D eigenvalue weighted by Gasteiger charge is -2.20. The first-order valence-corrected chi connectivity index (χ1v) is 7.65. The molecule has 0 heterocycles. The molecule has 0 aromatic heterocycles. The Kier molecular flexibility index (Phi) is 7.98. The molecule has 21 heavy (non-hydrogen) atoms. The van der Waals surface area contributed by atoms with Crippen molar-refractivity contribution < 1.29 is 19.4 Å². The number of carbonyl (C=O) groups excluding carboxylic acids is 2. The summed E-state index contributed by atoms with van der Waals surface area (Å²) in [4.78, 5) is 21.9. The highest BCUT2D eigenvalue weighted by atomic mass is 16.5. The molecule has 1 fully saturated rings. The van der Waals surface area contributed by atoms with Gasteiger partial charge in [0.1, 0.15) is 5.78 Å². The topological polar surface area (TPSA) is 63.6 Å². The molecule has 1 N–H and O–H groups in total. The predicted molar refractivity (Wildman–Crippen MR) is 81.7 cm³/mol. The third-order valence-corrected chi connectivity index (χ3v) is 3.98. The number of methoxy groups -OCH3 is 1. The van der Waals surface area contributed by atoms with Crippen molar-refractivity contribution in [1.82, 2.24) is 0 Å². The molecule has 0 radical (unpaired) electrons. The van der Waals surface area contributed by atoms with Crippen LogP contribution >= 0.6 is 0 Å². The van der Waals surface area contributed by atoms with Crippen LogP contribution in [0.4, 0.5) is 0 Å². The van der Waals surface area contributed by atoms with Crippen LogP contribution in [0, 0.1) is 11.8 Å². The van der Waals surface area contributed by atoms with Gasteiger partial charge in [-0.1, -0.05) is 18.6 Å². The summed E-state index contributed by atoms with van der Waals surface area (Å²) in [5, 5.41) is 10.2. The van der Waals surface area contributed by atoms with Crippen LogP contribution in [0.15, 0.2) is 24.3 Å². The van der Waals surface area contributed by atoms with E-state index in [0.717, 1.165) is 32.1 Å². The number of allylic oxidation sites excluding steroid dienone is 2. The van der Waals surface area contributed by atoms with Crippen LogP contribution in [0.2, 0.25) is 0 Å². The minimum Gasteiger partial charge on any atom is -0.466 e. The first kappa shape index (κ1) is 17.6. The predicted octanol–water partition coefficient (Wildman–Crippen LogP) is 2.81. The normalized spacial score (nSPS) is 23.8. The van der Waals surface area contributed by atoms with Crippen molar-refractivity contribution >= 4 is 11.8 Å². The lowest BCUT2D eigenvalue weighted by Crippen LogP contribution is -2.21. The fraction of sp³-hybridized carbons (Fsp3) is 0.647. The third-order valence-electron chi connectivity index (χ3n) is 3.98. The van der Waals surface area contributed by atoms with Crippen LogP contribution in [-0.2, 0) is 14.3 Å². The molecule has 1 aliphatic carbocycles. The minimum absolute atomic E-state index is 0.162. The molecule has 0 unspecified atom stereocenters. The summed E-state index contributed by atoms with van der Waals surface area (Å²) >= 11 is 0. The zero-order valence-corrected chi connectivity index (χ0v) is 13.0. The van der Waals surface area contributed by atoms with Crippen LogP contribution < -0.4 is 0 Å². The number of unbranched alkanes of at least 4 members (excludes halogenated alkanes) is 1. The van der Waals surface area contributed by atoms with Gasteiger partial charge in [-0.25, -0.2) is 4.79 Å². The van der Waals surface area contributed by atoms with Gasteiger partial charge in [0.15, 0.2) is 0 Å². The number of aliphatic hydroxyl groups excluding tert-OH is 1. The van der Waals surface area contributed by atoms with Crippen molar-refractivity contribution in [1.29, 1.82) is 0 Å². The molecule has 1 rings (SSSR count). The average molecular weight is 294 g/mol. The number of ketones is 1. The highest BCUT2D eigenvalue weighted by Crippen LogP contribution is 2.35. The standard InChI is InChI=1S/C17H26O4/c1-13(18)7-4-3-5-8-14-9-6-10-15(14)16(19)11-12-17(20)21-2/h5,8,11-12,14-16,19H,3-4,6-7,9-10H2,1-2H3/b8-5+,12-11+/t14-,15-,16-/m1/s1. The van der Waals surface area contributed by atoms with E-state index in [0.29, 0.717) is 12.3 Å². The molecule has 0 bridgehead atoms. The molecule has 1 saturated carbocycles.